The number of para-hydroxylation sites is 1. The van der Waals surface area contributed by atoms with Crippen molar-refractivity contribution in [3.8, 4) is 17.4 Å². The summed E-state index contributed by atoms with van der Waals surface area (Å²) in [5, 5.41) is 0. The number of aryl methyl sites for hydroxylation is 1. The highest BCUT2D eigenvalue weighted by Gasteiger charge is 2.37. The number of phosphoric ester groups is 1. The van der Waals surface area contributed by atoms with Crippen LogP contribution in [0, 0.1) is 6.92 Å². The topological polar surface area (TPSA) is 124 Å². The summed E-state index contributed by atoms with van der Waals surface area (Å²) in [5.74, 6) is 1.14. The van der Waals surface area contributed by atoms with E-state index in [4.69, 9.17) is 24.0 Å². The number of nitrogen functional groups attached to an aromatic ring is 1. The highest BCUT2D eigenvalue weighted by Crippen LogP contribution is 2.52. The van der Waals surface area contributed by atoms with Gasteiger partial charge in [-0.05, 0) is 31.2 Å². The fourth-order valence-electron chi connectivity index (χ4n) is 3.79. The average molecular weight is 493 g/mol. The van der Waals surface area contributed by atoms with E-state index in [0.717, 1.165) is 5.56 Å². The number of allylic oxidation sites excluding steroid dienone is 1. The lowest BCUT2D eigenvalue weighted by molar-refractivity contribution is 0.165. The first kappa shape index (κ1) is 22.9. The van der Waals surface area contributed by atoms with Gasteiger partial charge >= 0.3 is 7.82 Å². The van der Waals surface area contributed by atoms with Crippen LogP contribution in [0.5, 0.6) is 17.4 Å². The molecule has 5 rings (SSSR count). The molecular formula is C24H24N5O5P. The van der Waals surface area contributed by atoms with E-state index in [9.17, 15) is 4.57 Å². The monoisotopic (exact) mass is 493 g/mol. The Kier molecular flexibility index (Phi) is 6.15. The van der Waals surface area contributed by atoms with E-state index in [0.29, 0.717) is 35.0 Å². The van der Waals surface area contributed by atoms with Crippen LogP contribution in [-0.4, -0.2) is 32.7 Å². The summed E-state index contributed by atoms with van der Waals surface area (Å²) in [4.78, 5) is 12.8. The normalized spacial score (nSPS) is 18.9. The molecule has 11 heteroatoms. The molecule has 180 valence electrons. The summed E-state index contributed by atoms with van der Waals surface area (Å²) >= 11 is 0. The third-order valence-corrected chi connectivity index (χ3v) is 6.84. The average Bonchev–Trinajstić information content (AvgIpc) is 3.47. The quantitative estimate of drug-likeness (QED) is 0.270. The number of nitrogens with zero attached hydrogens (tertiary/aromatic N) is 4. The van der Waals surface area contributed by atoms with Crippen molar-refractivity contribution in [2.24, 2.45) is 0 Å². The summed E-state index contributed by atoms with van der Waals surface area (Å²) in [6.07, 6.45) is 5.30. The fourth-order valence-corrected chi connectivity index (χ4v) is 5.16. The first-order valence-corrected chi connectivity index (χ1v) is 12.4. The van der Waals surface area contributed by atoms with Gasteiger partial charge in [-0.1, -0.05) is 48.0 Å². The van der Waals surface area contributed by atoms with Crippen LogP contribution in [-0.2, 0) is 9.09 Å². The van der Waals surface area contributed by atoms with Crippen LogP contribution in [0.4, 0.5) is 5.95 Å². The second-order valence-corrected chi connectivity index (χ2v) is 9.47. The summed E-state index contributed by atoms with van der Waals surface area (Å²) in [6.45, 7) is 1.96. The van der Waals surface area contributed by atoms with Crippen molar-refractivity contribution in [1.29, 1.82) is 0 Å². The van der Waals surface area contributed by atoms with Crippen LogP contribution in [0.2, 0.25) is 0 Å². The molecule has 3 atom stereocenters. The van der Waals surface area contributed by atoms with E-state index in [2.05, 4.69) is 15.0 Å². The zero-order chi connectivity index (χ0) is 24.4. The Morgan fingerprint density at radius 2 is 1.71 bits per heavy atom. The van der Waals surface area contributed by atoms with E-state index >= 15 is 0 Å². The molecule has 0 amide bonds. The molecule has 1 aliphatic carbocycles. The van der Waals surface area contributed by atoms with Gasteiger partial charge in [0.25, 0.3) is 0 Å². The number of benzene rings is 2. The summed E-state index contributed by atoms with van der Waals surface area (Å²) in [6, 6.07) is 15.8. The zero-order valence-electron chi connectivity index (χ0n) is 19.1. The van der Waals surface area contributed by atoms with Gasteiger partial charge in [0.05, 0.1) is 25.6 Å². The molecule has 0 aliphatic heterocycles. The van der Waals surface area contributed by atoms with Crippen LogP contribution < -0.4 is 19.5 Å². The van der Waals surface area contributed by atoms with Crippen molar-refractivity contribution >= 4 is 24.9 Å². The van der Waals surface area contributed by atoms with Crippen LogP contribution in [0.15, 0.2) is 73.1 Å². The van der Waals surface area contributed by atoms with Crippen molar-refractivity contribution in [1.82, 2.24) is 19.5 Å². The molecule has 35 heavy (non-hydrogen) atoms. The molecular weight excluding hydrogens is 469 g/mol. The maximum absolute atomic E-state index is 13.8. The molecule has 0 bridgehead atoms. The highest BCUT2D eigenvalue weighted by molar-refractivity contribution is 7.49. The maximum atomic E-state index is 13.8. The molecule has 0 radical (unpaired) electrons. The number of hydrogen-bond donors (Lipinski definition) is 1. The Bertz CT molecular complexity index is 1410. The summed E-state index contributed by atoms with van der Waals surface area (Å²) in [7, 11) is -2.54. The molecule has 1 aliphatic rings. The number of anilines is 1. The Labute approximate surface area is 202 Å². The van der Waals surface area contributed by atoms with Gasteiger partial charge in [0, 0.05) is 6.42 Å². The molecule has 0 spiro atoms. The van der Waals surface area contributed by atoms with Crippen molar-refractivity contribution in [2.45, 2.75) is 25.5 Å². The van der Waals surface area contributed by atoms with E-state index < -0.39 is 13.9 Å². The molecule has 2 N–H and O–H groups in total. The van der Waals surface area contributed by atoms with E-state index in [-0.39, 0.29) is 12.0 Å². The predicted molar refractivity (Wildman–Crippen MR) is 130 cm³/mol. The van der Waals surface area contributed by atoms with E-state index in [1.165, 1.54) is 7.11 Å². The van der Waals surface area contributed by atoms with E-state index in [1.54, 1.807) is 42.7 Å². The summed E-state index contributed by atoms with van der Waals surface area (Å²) in [5.41, 5.74) is 7.92. The lowest BCUT2D eigenvalue weighted by Crippen LogP contribution is -2.15. The molecule has 1 unspecified atom stereocenters. The van der Waals surface area contributed by atoms with Gasteiger partial charge < -0.3 is 24.1 Å². The van der Waals surface area contributed by atoms with Crippen LogP contribution in [0.1, 0.15) is 18.0 Å². The molecule has 2 heterocycles. The molecule has 0 fully saturated rings. The third kappa shape index (κ3) is 4.99. The first-order valence-electron chi connectivity index (χ1n) is 10.9. The van der Waals surface area contributed by atoms with Gasteiger partial charge in [-0.2, -0.15) is 9.97 Å². The Hall–Kier alpha value is -3.88. The number of ether oxygens (including phenoxy) is 1. The third-order valence-electron chi connectivity index (χ3n) is 5.44. The largest absolute Gasteiger partial charge is 0.588 e. The molecule has 10 nitrogen and oxygen atoms in total. The van der Waals surface area contributed by atoms with E-state index in [1.807, 2.05) is 41.8 Å². The van der Waals surface area contributed by atoms with Gasteiger partial charge in [0.1, 0.15) is 11.5 Å². The minimum Gasteiger partial charge on any atom is -0.479 e. The van der Waals surface area contributed by atoms with Gasteiger partial charge in [-0.15, -0.1) is 0 Å². The second kappa shape index (κ2) is 9.40. The number of nitrogens with two attached hydrogens (primary N) is 1. The van der Waals surface area contributed by atoms with Gasteiger partial charge in [-0.25, -0.2) is 9.55 Å². The molecule has 0 saturated heterocycles. The van der Waals surface area contributed by atoms with Gasteiger partial charge in [0.15, 0.2) is 11.2 Å². The Morgan fingerprint density at radius 1 is 1.00 bits per heavy atom. The number of imidazole rings is 1. The standard InChI is InChI=1S/C24H24N5O5P/c1-16-8-11-19(12-9-16)33-35(30,32-18-6-4-3-5-7-18)34-20-13-10-17(14-20)29-15-26-21-22(29)27-24(25)28-23(21)31-2/h3-13,15,17,20H,14H2,1-2H3,(H2,25,27,28)/t17-,20+,35?/m0/s1. The smallest absolute Gasteiger partial charge is 0.479 e. The van der Waals surface area contributed by atoms with Gasteiger partial charge in [-0.3, -0.25) is 4.52 Å². The number of rotatable bonds is 8. The molecule has 4 aromatic rings. The fraction of sp³-hybridized carbons (Fsp3) is 0.208. The highest BCUT2D eigenvalue weighted by atomic mass is 31.2. The Balaban J connectivity index is 1.37. The van der Waals surface area contributed by atoms with Crippen molar-refractivity contribution < 1.29 is 22.9 Å². The Morgan fingerprint density at radius 3 is 2.43 bits per heavy atom. The predicted octanol–water partition coefficient (Wildman–Crippen LogP) is 4.88. The zero-order valence-corrected chi connectivity index (χ0v) is 20.0. The van der Waals surface area contributed by atoms with Crippen LogP contribution >= 0.6 is 7.82 Å². The minimum atomic E-state index is -4.04. The number of phosphoric acid groups is 1. The number of fused-ring (bicyclic) bond motifs is 1. The molecule has 2 aromatic heterocycles. The number of hydrogen-bond acceptors (Lipinski definition) is 9. The van der Waals surface area contributed by atoms with Crippen molar-refractivity contribution in [3.05, 3.63) is 78.6 Å². The lowest BCUT2D eigenvalue weighted by atomic mass is 10.2. The van der Waals surface area contributed by atoms with Crippen LogP contribution in [0.25, 0.3) is 11.2 Å². The lowest BCUT2D eigenvalue weighted by Gasteiger charge is -2.22. The SMILES string of the molecule is COc1nc(N)nc2c1ncn2[C@H]1C=C[C@@H](OP(=O)(Oc2ccccc2)Oc2ccc(C)cc2)C1. The maximum Gasteiger partial charge on any atom is 0.588 e. The number of aromatic nitrogens is 4. The minimum absolute atomic E-state index is 0.0816. The number of methoxy groups -OCH3 is 1. The van der Waals surface area contributed by atoms with Gasteiger partial charge in [0.2, 0.25) is 11.8 Å². The first-order chi connectivity index (χ1) is 16.9. The second-order valence-electron chi connectivity index (χ2n) is 8.00. The van der Waals surface area contributed by atoms with Crippen molar-refractivity contribution in [3.63, 3.8) is 0 Å². The molecule has 0 saturated carbocycles. The van der Waals surface area contributed by atoms with Crippen molar-refractivity contribution in [2.75, 3.05) is 12.8 Å². The molecule has 2 aromatic carbocycles. The summed E-state index contributed by atoms with van der Waals surface area (Å²) < 4.78 is 38.3. The van der Waals surface area contributed by atoms with Crippen LogP contribution in [0.3, 0.4) is 0 Å².